The van der Waals surface area contributed by atoms with E-state index in [1.165, 1.54) is 18.1 Å². The van der Waals surface area contributed by atoms with Crippen molar-refractivity contribution in [1.82, 2.24) is 9.97 Å². The average Bonchev–Trinajstić information content (AvgIpc) is 2.34. The zero-order valence-electron chi connectivity index (χ0n) is 10.1. The van der Waals surface area contributed by atoms with Gasteiger partial charge in [0.1, 0.15) is 17.7 Å². The molecule has 0 fully saturated rings. The molecule has 92 valence electrons. The van der Waals surface area contributed by atoms with Gasteiger partial charge in [-0.3, -0.25) is 0 Å². The SMILES string of the molecule is Cc1ccc(Nc2ncncc2C(=O)O)cc1C. The average molecular weight is 243 g/mol. The minimum atomic E-state index is -1.05. The van der Waals surface area contributed by atoms with Crippen LogP contribution in [0.2, 0.25) is 0 Å². The number of hydrogen-bond acceptors (Lipinski definition) is 4. The van der Waals surface area contributed by atoms with E-state index in [-0.39, 0.29) is 5.56 Å². The molecule has 2 aromatic rings. The summed E-state index contributed by atoms with van der Waals surface area (Å²) in [6.45, 7) is 4.02. The smallest absolute Gasteiger partial charge is 0.341 e. The van der Waals surface area contributed by atoms with E-state index in [9.17, 15) is 4.79 Å². The Morgan fingerprint density at radius 1 is 1.28 bits per heavy atom. The Morgan fingerprint density at radius 2 is 2.06 bits per heavy atom. The second-order valence-corrected chi connectivity index (χ2v) is 4.01. The Bertz CT molecular complexity index is 597. The van der Waals surface area contributed by atoms with Gasteiger partial charge in [-0.05, 0) is 37.1 Å². The molecule has 5 nitrogen and oxygen atoms in total. The molecule has 18 heavy (non-hydrogen) atoms. The van der Waals surface area contributed by atoms with Crippen LogP contribution in [0.15, 0.2) is 30.7 Å². The lowest BCUT2D eigenvalue weighted by Gasteiger charge is -2.09. The maximum atomic E-state index is 11.0. The van der Waals surface area contributed by atoms with Crippen molar-refractivity contribution in [3.05, 3.63) is 47.4 Å². The molecule has 0 saturated carbocycles. The first kappa shape index (κ1) is 12.0. The summed E-state index contributed by atoms with van der Waals surface area (Å²) in [5, 5.41) is 12.0. The molecule has 1 aromatic heterocycles. The van der Waals surface area contributed by atoms with Crippen molar-refractivity contribution in [2.45, 2.75) is 13.8 Å². The normalized spacial score (nSPS) is 10.1. The predicted octanol–water partition coefficient (Wildman–Crippen LogP) is 2.54. The number of carboxylic acid groups (broad SMARTS) is 1. The third-order valence-corrected chi connectivity index (χ3v) is 2.71. The Morgan fingerprint density at radius 3 is 2.72 bits per heavy atom. The summed E-state index contributed by atoms with van der Waals surface area (Å²) in [5.41, 5.74) is 3.17. The molecule has 1 aromatic carbocycles. The number of nitrogens with zero attached hydrogens (tertiary/aromatic N) is 2. The van der Waals surface area contributed by atoms with Crippen LogP contribution >= 0.6 is 0 Å². The zero-order chi connectivity index (χ0) is 13.1. The maximum Gasteiger partial charge on any atom is 0.341 e. The maximum absolute atomic E-state index is 11.0. The van der Waals surface area contributed by atoms with Gasteiger partial charge in [-0.1, -0.05) is 6.07 Å². The van der Waals surface area contributed by atoms with E-state index < -0.39 is 5.97 Å². The van der Waals surface area contributed by atoms with Crippen molar-refractivity contribution < 1.29 is 9.90 Å². The number of aromatic nitrogens is 2. The van der Waals surface area contributed by atoms with Crippen molar-refractivity contribution in [1.29, 1.82) is 0 Å². The van der Waals surface area contributed by atoms with Gasteiger partial charge in [0.25, 0.3) is 0 Å². The van der Waals surface area contributed by atoms with Crippen LogP contribution in [0.3, 0.4) is 0 Å². The van der Waals surface area contributed by atoms with E-state index in [2.05, 4.69) is 15.3 Å². The van der Waals surface area contributed by atoms with Crippen molar-refractivity contribution >= 4 is 17.5 Å². The minimum Gasteiger partial charge on any atom is -0.477 e. The Balaban J connectivity index is 2.34. The van der Waals surface area contributed by atoms with Gasteiger partial charge in [-0.25, -0.2) is 14.8 Å². The molecule has 5 heteroatoms. The summed E-state index contributed by atoms with van der Waals surface area (Å²) in [6.07, 6.45) is 2.59. The molecule has 0 amide bonds. The standard InChI is InChI=1S/C13H13N3O2/c1-8-3-4-10(5-9(8)2)16-12-11(13(17)18)6-14-7-15-12/h3-7H,1-2H3,(H,17,18)(H,14,15,16). The molecule has 0 aliphatic rings. The molecule has 0 unspecified atom stereocenters. The number of carboxylic acids is 1. The molecule has 0 radical (unpaired) electrons. The molecule has 0 atom stereocenters. The minimum absolute atomic E-state index is 0.0516. The van der Waals surface area contributed by atoms with Gasteiger partial charge in [0.05, 0.1) is 0 Å². The van der Waals surface area contributed by atoms with Crippen LogP contribution in [0, 0.1) is 13.8 Å². The topological polar surface area (TPSA) is 75.1 Å². The molecule has 0 spiro atoms. The van der Waals surface area contributed by atoms with E-state index in [1.807, 2.05) is 32.0 Å². The summed E-state index contributed by atoms with van der Waals surface area (Å²) < 4.78 is 0. The second-order valence-electron chi connectivity index (χ2n) is 4.01. The second kappa shape index (κ2) is 4.83. The van der Waals surface area contributed by atoms with Crippen molar-refractivity contribution in [3.8, 4) is 0 Å². The van der Waals surface area contributed by atoms with Gasteiger partial charge in [0.2, 0.25) is 0 Å². The zero-order valence-corrected chi connectivity index (χ0v) is 10.1. The Labute approximate surface area is 105 Å². The number of rotatable bonds is 3. The first-order chi connectivity index (χ1) is 8.58. The van der Waals surface area contributed by atoms with Crippen molar-refractivity contribution in [2.24, 2.45) is 0 Å². The first-order valence-corrected chi connectivity index (χ1v) is 5.45. The lowest BCUT2D eigenvalue weighted by molar-refractivity contribution is 0.0697. The number of aromatic carboxylic acids is 1. The van der Waals surface area contributed by atoms with Crippen LogP contribution < -0.4 is 5.32 Å². The molecule has 2 rings (SSSR count). The van der Waals surface area contributed by atoms with Crippen LogP contribution in [0.25, 0.3) is 0 Å². The highest BCUT2D eigenvalue weighted by atomic mass is 16.4. The highest BCUT2D eigenvalue weighted by molar-refractivity contribution is 5.93. The molecule has 0 saturated heterocycles. The van der Waals surface area contributed by atoms with Crippen molar-refractivity contribution in [2.75, 3.05) is 5.32 Å². The number of anilines is 2. The van der Waals surface area contributed by atoms with E-state index in [0.29, 0.717) is 5.82 Å². The molecule has 0 bridgehead atoms. The van der Waals surface area contributed by atoms with E-state index in [1.54, 1.807) is 0 Å². The van der Waals surface area contributed by atoms with Gasteiger partial charge in [0, 0.05) is 11.9 Å². The van der Waals surface area contributed by atoms with E-state index in [0.717, 1.165) is 11.3 Å². The first-order valence-electron chi connectivity index (χ1n) is 5.45. The quantitative estimate of drug-likeness (QED) is 0.866. The van der Waals surface area contributed by atoms with Gasteiger partial charge < -0.3 is 10.4 Å². The molecule has 0 aliphatic heterocycles. The Kier molecular flexibility index (Phi) is 3.23. The van der Waals surface area contributed by atoms with Crippen LogP contribution in [0.1, 0.15) is 21.5 Å². The number of hydrogen-bond donors (Lipinski definition) is 2. The largest absolute Gasteiger partial charge is 0.477 e. The van der Waals surface area contributed by atoms with Crippen molar-refractivity contribution in [3.63, 3.8) is 0 Å². The predicted molar refractivity (Wildman–Crippen MR) is 68.2 cm³/mol. The third-order valence-electron chi connectivity index (χ3n) is 2.71. The molecule has 0 aliphatic carbocycles. The van der Waals surface area contributed by atoms with Crippen LogP contribution in [0.5, 0.6) is 0 Å². The summed E-state index contributed by atoms with van der Waals surface area (Å²) in [5.74, 6) is -0.761. The highest BCUT2D eigenvalue weighted by Gasteiger charge is 2.11. The summed E-state index contributed by atoms with van der Waals surface area (Å²) in [6, 6.07) is 5.80. The number of nitrogens with one attached hydrogen (secondary N) is 1. The van der Waals surface area contributed by atoms with Gasteiger partial charge in [-0.15, -0.1) is 0 Å². The molecule has 1 heterocycles. The fourth-order valence-electron chi connectivity index (χ4n) is 1.54. The fourth-order valence-corrected chi connectivity index (χ4v) is 1.54. The summed E-state index contributed by atoms with van der Waals surface area (Å²) in [4.78, 5) is 18.7. The number of carbonyl (C=O) groups is 1. The molecule has 2 N–H and O–H groups in total. The van der Waals surface area contributed by atoms with Gasteiger partial charge >= 0.3 is 5.97 Å². The highest BCUT2D eigenvalue weighted by Crippen LogP contribution is 2.20. The molecular weight excluding hydrogens is 230 g/mol. The fraction of sp³-hybridized carbons (Fsp3) is 0.154. The monoisotopic (exact) mass is 243 g/mol. The van der Waals surface area contributed by atoms with Gasteiger partial charge in [-0.2, -0.15) is 0 Å². The summed E-state index contributed by atoms with van der Waals surface area (Å²) >= 11 is 0. The summed E-state index contributed by atoms with van der Waals surface area (Å²) in [7, 11) is 0. The third kappa shape index (κ3) is 2.45. The molecular formula is C13H13N3O2. The Hall–Kier alpha value is -2.43. The van der Waals surface area contributed by atoms with Crippen LogP contribution in [0.4, 0.5) is 11.5 Å². The lowest BCUT2D eigenvalue weighted by atomic mass is 10.1. The number of aryl methyl sites for hydroxylation is 2. The van der Waals surface area contributed by atoms with Gasteiger partial charge in [0.15, 0.2) is 0 Å². The van der Waals surface area contributed by atoms with Crippen LogP contribution in [-0.4, -0.2) is 21.0 Å². The van der Waals surface area contributed by atoms with E-state index in [4.69, 9.17) is 5.11 Å². The number of benzene rings is 1. The van der Waals surface area contributed by atoms with E-state index >= 15 is 0 Å². The van der Waals surface area contributed by atoms with Crippen LogP contribution in [-0.2, 0) is 0 Å². The lowest BCUT2D eigenvalue weighted by Crippen LogP contribution is -2.05.